The van der Waals surface area contributed by atoms with E-state index in [-0.39, 0.29) is 6.03 Å². The first-order valence-corrected chi connectivity index (χ1v) is 9.00. The van der Waals surface area contributed by atoms with Crippen molar-refractivity contribution in [3.05, 3.63) is 0 Å². The number of amides is 2. The molecule has 0 radical (unpaired) electrons. The van der Waals surface area contributed by atoms with E-state index in [4.69, 9.17) is 4.74 Å². The zero-order valence-electron chi connectivity index (χ0n) is 14.5. The summed E-state index contributed by atoms with van der Waals surface area (Å²) in [5.74, 6) is 1.27. The molecule has 2 unspecified atom stereocenters. The van der Waals surface area contributed by atoms with Crippen LogP contribution in [0.5, 0.6) is 0 Å². The molecule has 2 aliphatic rings. The van der Waals surface area contributed by atoms with Crippen molar-refractivity contribution in [3.63, 3.8) is 0 Å². The normalized spacial score (nSPS) is 24.7. The van der Waals surface area contributed by atoms with Gasteiger partial charge < -0.3 is 15.0 Å². The Morgan fingerprint density at radius 3 is 2.45 bits per heavy atom. The first kappa shape index (κ1) is 17.5. The van der Waals surface area contributed by atoms with Gasteiger partial charge in [-0.05, 0) is 18.3 Å². The third-order valence-electron chi connectivity index (χ3n) is 5.28. The van der Waals surface area contributed by atoms with Gasteiger partial charge in [0.15, 0.2) is 0 Å². The van der Waals surface area contributed by atoms with Crippen LogP contribution in [0.15, 0.2) is 0 Å². The van der Waals surface area contributed by atoms with Crippen LogP contribution in [0.4, 0.5) is 4.79 Å². The van der Waals surface area contributed by atoms with Crippen LogP contribution in [0.1, 0.15) is 40.0 Å². The van der Waals surface area contributed by atoms with Gasteiger partial charge >= 0.3 is 6.03 Å². The molecule has 0 aromatic carbocycles. The minimum absolute atomic E-state index is 0.119. The largest absolute Gasteiger partial charge is 0.379 e. The second-order valence-corrected chi connectivity index (χ2v) is 6.82. The summed E-state index contributed by atoms with van der Waals surface area (Å²) in [5.41, 5.74) is 0. The van der Waals surface area contributed by atoms with Crippen molar-refractivity contribution in [1.82, 2.24) is 15.1 Å². The molecule has 2 atom stereocenters. The number of hydrogen-bond donors (Lipinski definition) is 1. The Labute approximate surface area is 135 Å². The van der Waals surface area contributed by atoms with Gasteiger partial charge in [-0.15, -0.1) is 0 Å². The van der Waals surface area contributed by atoms with Crippen molar-refractivity contribution in [1.29, 1.82) is 0 Å². The maximum absolute atomic E-state index is 12.3. The molecule has 0 aromatic rings. The first-order valence-electron chi connectivity index (χ1n) is 9.00. The van der Waals surface area contributed by atoms with E-state index < -0.39 is 0 Å². The van der Waals surface area contributed by atoms with E-state index in [0.717, 1.165) is 65.2 Å². The number of nitrogens with zero attached hydrogens (tertiary/aromatic N) is 2. The molecule has 2 rings (SSSR count). The highest BCUT2D eigenvalue weighted by Crippen LogP contribution is 2.20. The van der Waals surface area contributed by atoms with Crippen molar-refractivity contribution >= 4 is 6.03 Å². The highest BCUT2D eigenvalue weighted by Gasteiger charge is 2.29. The second-order valence-electron chi connectivity index (χ2n) is 6.82. The Morgan fingerprint density at radius 1 is 1.23 bits per heavy atom. The summed E-state index contributed by atoms with van der Waals surface area (Å²) in [5, 5.41) is 3.20. The maximum atomic E-state index is 12.3. The molecule has 2 saturated heterocycles. The van der Waals surface area contributed by atoms with Gasteiger partial charge in [0.05, 0.1) is 13.2 Å². The number of urea groups is 1. The molecule has 1 N–H and O–H groups in total. The molecular formula is C17H33N3O2. The predicted octanol–water partition coefficient (Wildman–Crippen LogP) is 2.17. The van der Waals surface area contributed by atoms with Gasteiger partial charge in [-0.1, -0.05) is 33.6 Å². The highest BCUT2D eigenvalue weighted by molar-refractivity contribution is 5.74. The van der Waals surface area contributed by atoms with Crippen LogP contribution >= 0.6 is 0 Å². The van der Waals surface area contributed by atoms with Gasteiger partial charge in [-0.2, -0.15) is 0 Å². The number of carbonyl (C=O) groups excluding carboxylic acids is 1. The van der Waals surface area contributed by atoms with Crippen molar-refractivity contribution in [2.75, 3.05) is 45.9 Å². The zero-order chi connectivity index (χ0) is 15.9. The molecule has 0 saturated carbocycles. The molecule has 128 valence electrons. The van der Waals surface area contributed by atoms with Gasteiger partial charge in [0.25, 0.3) is 0 Å². The third-order valence-corrected chi connectivity index (χ3v) is 5.28. The second kappa shape index (κ2) is 8.73. The lowest BCUT2D eigenvalue weighted by Crippen LogP contribution is -2.53. The lowest BCUT2D eigenvalue weighted by atomic mass is 9.92. The predicted molar refractivity (Wildman–Crippen MR) is 89.0 cm³/mol. The number of hydrogen-bond acceptors (Lipinski definition) is 3. The maximum Gasteiger partial charge on any atom is 0.317 e. The fraction of sp³-hybridized carbons (Fsp3) is 0.941. The Kier molecular flexibility index (Phi) is 6.96. The lowest BCUT2D eigenvalue weighted by molar-refractivity contribution is 0.00215. The van der Waals surface area contributed by atoms with E-state index in [2.05, 4.69) is 31.0 Å². The number of likely N-dealkylation sites (tertiary alicyclic amines) is 1. The van der Waals surface area contributed by atoms with Crippen molar-refractivity contribution in [3.8, 4) is 0 Å². The van der Waals surface area contributed by atoms with Crippen LogP contribution in [0.3, 0.4) is 0 Å². The summed E-state index contributed by atoms with van der Waals surface area (Å²) < 4.78 is 5.48. The SMILES string of the molecule is CCC(CC)C(CNC(=O)N1CCC(C)C1)N1CCOCC1. The van der Waals surface area contributed by atoms with E-state index in [1.807, 2.05) is 4.90 Å². The Morgan fingerprint density at radius 2 is 1.91 bits per heavy atom. The van der Waals surface area contributed by atoms with E-state index >= 15 is 0 Å². The van der Waals surface area contributed by atoms with Crippen LogP contribution in [-0.2, 0) is 4.74 Å². The summed E-state index contributed by atoms with van der Waals surface area (Å²) in [6.07, 6.45) is 3.46. The molecule has 0 aliphatic carbocycles. The molecule has 2 heterocycles. The molecule has 2 aliphatic heterocycles. The molecule has 2 amide bonds. The van der Waals surface area contributed by atoms with E-state index in [1.165, 1.54) is 0 Å². The minimum Gasteiger partial charge on any atom is -0.379 e. The summed E-state index contributed by atoms with van der Waals surface area (Å²) in [7, 11) is 0. The van der Waals surface area contributed by atoms with Crippen LogP contribution in [0, 0.1) is 11.8 Å². The van der Waals surface area contributed by atoms with Gasteiger partial charge in [0.2, 0.25) is 0 Å². The number of morpholine rings is 1. The molecule has 0 bridgehead atoms. The standard InChI is InChI=1S/C17H33N3O2/c1-4-15(5-2)16(19-8-10-22-11-9-19)12-18-17(21)20-7-6-14(3)13-20/h14-16H,4-13H2,1-3H3,(H,18,21). The van der Waals surface area contributed by atoms with Crippen molar-refractivity contribution in [2.45, 2.75) is 46.1 Å². The van der Waals surface area contributed by atoms with Crippen molar-refractivity contribution < 1.29 is 9.53 Å². The fourth-order valence-electron chi connectivity index (χ4n) is 3.76. The van der Waals surface area contributed by atoms with Crippen LogP contribution < -0.4 is 5.32 Å². The lowest BCUT2D eigenvalue weighted by Gasteiger charge is -2.39. The zero-order valence-corrected chi connectivity index (χ0v) is 14.5. The molecule has 22 heavy (non-hydrogen) atoms. The van der Waals surface area contributed by atoms with Crippen molar-refractivity contribution in [2.24, 2.45) is 11.8 Å². The molecule has 0 spiro atoms. The number of nitrogens with one attached hydrogen (secondary N) is 1. The minimum atomic E-state index is 0.119. The highest BCUT2D eigenvalue weighted by atomic mass is 16.5. The number of carbonyl (C=O) groups is 1. The van der Waals surface area contributed by atoms with Crippen LogP contribution in [0.2, 0.25) is 0 Å². The topological polar surface area (TPSA) is 44.8 Å². The summed E-state index contributed by atoms with van der Waals surface area (Å²) >= 11 is 0. The van der Waals surface area contributed by atoms with E-state index in [1.54, 1.807) is 0 Å². The smallest absolute Gasteiger partial charge is 0.317 e. The number of ether oxygens (including phenoxy) is 1. The Balaban J connectivity index is 1.89. The average molecular weight is 311 g/mol. The van der Waals surface area contributed by atoms with Crippen LogP contribution in [0.25, 0.3) is 0 Å². The van der Waals surface area contributed by atoms with Gasteiger partial charge in [0.1, 0.15) is 0 Å². The molecule has 5 heteroatoms. The summed E-state index contributed by atoms with van der Waals surface area (Å²) in [6.45, 7) is 12.9. The quantitative estimate of drug-likeness (QED) is 0.818. The molecular weight excluding hydrogens is 278 g/mol. The van der Waals surface area contributed by atoms with E-state index in [9.17, 15) is 4.79 Å². The number of rotatable bonds is 6. The molecule has 5 nitrogen and oxygen atoms in total. The third kappa shape index (κ3) is 4.59. The molecule has 2 fully saturated rings. The summed E-state index contributed by atoms with van der Waals surface area (Å²) in [6, 6.07) is 0.552. The summed E-state index contributed by atoms with van der Waals surface area (Å²) in [4.78, 5) is 16.8. The molecule has 0 aromatic heterocycles. The van der Waals surface area contributed by atoms with Gasteiger partial charge in [-0.3, -0.25) is 4.90 Å². The monoisotopic (exact) mass is 311 g/mol. The Bertz CT molecular complexity index is 341. The Hall–Kier alpha value is -0.810. The van der Waals surface area contributed by atoms with Gasteiger partial charge in [-0.25, -0.2) is 4.79 Å². The van der Waals surface area contributed by atoms with E-state index in [0.29, 0.717) is 17.9 Å². The average Bonchev–Trinajstić information content (AvgIpc) is 2.98. The van der Waals surface area contributed by atoms with Crippen LogP contribution in [-0.4, -0.2) is 67.8 Å². The van der Waals surface area contributed by atoms with Gasteiger partial charge in [0, 0.05) is 38.8 Å². The first-order chi connectivity index (χ1) is 10.7. The fourth-order valence-corrected chi connectivity index (χ4v) is 3.76.